The molecule has 0 N–H and O–H groups in total. The number of ether oxygens (including phenoxy) is 2. The first-order chi connectivity index (χ1) is 9.72. The maximum absolute atomic E-state index is 12.1. The van der Waals surface area contributed by atoms with Crippen LogP contribution < -0.4 is 19.6 Å². The van der Waals surface area contributed by atoms with E-state index in [0.717, 1.165) is 5.56 Å². The SMILES string of the molecule is COc1ccc(/C=c2/sc3ncnn3c2=O)cc1OC. The fraction of sp³-hybridized carbons (Fsp3) is 0.154. The normalized spacial score (nSPS) is 12.0. The minimum atomic E-state index is -0.169. The molecule has 0 saturated carbocycles. The van der Waals surface area contributed by atoms with E-state index >= 15 is 0 Å². The van der Waals surface area contributed by atoms with E-state index in [0.29, 0.717) is 21.0 Å². The number of aromatic nitrogens is 3. The maximum atomic E-state index is 12.1. The molecule has 0 spiro atoms. The molecule has 3 rings (SSSR count). The number of hydrogen-bond acceptors (Lipinski definition) is 6. The zero-order chi connectivity index (χ0) is 14.1. The molecule has 0 unspecified atom stereocenters. The van der Waals surface area contributed by atoms with Gasteiger partial charge in [0.15, 0.2) is 11.5 Å². The van der Waals surface area contributed by atoms with Gasteiger partial charge in [-0.05, 0) is 23.8 Å². The van der Waals surface area contributed by atoms with Crippen molar-refractivity contribution in [3.8, 4) is 11.5 Å². The summed E-state index contributed by atoms with van der Waals surface area (Å²) >= 11 is 1.30. The summed E-state index contributed by atoms with van der Waals surface area (Å²) in [6, 6.07) is 5.47. The van der Waals surface area contributed by atoms with E-state index in [9.17, 15) is 4.79 Å². The summed E-state index contributed by atoms with van der Waals surface area (Å²) in [6.07, 6.45) is 3.15. The van der Waals surface area contributed by atoms with Crippen LogP contribution in [0.3, 0.4) is 0 Å². The van der Waals surface area contributed by atoms with Gasteiger partial charge in [0, 0.05) is 0 Å². The summed E-state index contributed by atoms with van der Waals surface area (Å²) in [7, 11) is 3.15. The third-order valence-electron chi connectivity index (χ3n) is 2.83. The highest BCUT2D eigenvalue weighted by molar-refractivity contribution is 7.15. The molecule has 0 fully saturated rings. The molecular formula is C13H11N3O3S. The minimum absolute atomic E-state index is 0.169. The smallest absolute Gasteiger partial charge is 0.291 e. The average Bonchev–Trinajstić information content (AvgIpc) is 3.03. The predicted octanol–water partition coefficient (Wildman–Crippen LogP) is 0.716. The number of methoxy groups -OCH3 is 2. The first-order valence-electron chi connectivity index (χ1n) is 5.79. The van der Waals surface area contributed by atoms with Crippen molar-refractivity contribution in [1.82, 2.24) is 14.6 Å². The first kappa shape index (κ1) is 12.6. The van der Waals surface area contributed by atoms with Crippen molar-refractivity contribution in [3.63, 3.8) is 0 Å². The van der Waals surface area contributed by atoms with Gasteiger partial charge in [0.05, 0.1) is 18.8 Å². The molecule has 0 aliphatic carbocycles. The molecule has 2 aromatic heterocycles. The lowest BCUT2D eigenvalue weighted by atomic mass is 10.2. The summed E-state index contributed by atoms with van der Waals surface area (Å²) in [5, 5.41) is 3.88. The molecule has 20 heavy (non-hydrogen) atoms. The third-order valence-corrected chi connectivity index (χ3v) is 3.80. The van der Waals surface area contributed by atoms with Crippen LogP contribution in [0.15, 0.2) is 29.3 Å². The van der Waals surface area contributed by atoms with Crippen LogP contribution in [0.4, 0.5) is 0 Å². The van der Waals surface area contributed by atoms with Gasteiger partial charge < -0.3 is 9.47 Å². The molecule has 2 heterocycles. The fourth-order valence-corrected chi connectivity index (χ4v) is 2.75. The topological polar surface area (TPSA) is 65.7 Å². The summed E-state index contributed by atoms with van der Waals surface area (Å²) < 4.78 is 12.3. The molecule has 0 saturated heterocycles. The van der Waals surface area contributed by atoms with Crippen LogP contribution in [-0.4, -0.2) is 28.8 Å². The first-order valence-corrected chi connectivity index (χ1v) is 6.61. The van der Waals surface area contributed by atoms with Crippen molar-refractivity contribution < 1.29 is 9.47 Å². The molecule has 6 nitrogen and oxygen atoms in total. The quantitative estimate of drug-likeness (QED) is 0.710. The highest BCUT2D eigenvalue weighted by Crippen LogP contribution is 2.27. The summed E-state index contributed by atoms with van der Waals surface area (Å²) in [6.45, 7) is 0. The van der Waals surface area contributed by atoms with E-state index in [1.165, 1.54) is 22.2 Å². The van der Waals surface area contributed by atoms with Crippen LogP contribution in [0.25, 0.3) is 11.0 Å². The van der Waals surface area contributed by atoms with Gasteiger partial charge in [0.1, 0.15) is 6.33 Å². The second-order valence-electron chi connectivity index (χ2n) is 3.98. The number of fused-ring (bicyclic) bond motifs is 1. The standard InChI is InChI=1S/C13H11N3O3S/c1-18-9-4-3-8(5-10(9)19-2)6-11-12(17)16-13(20-11)14-7-15-16/h3-7H,1-2H3/b11-6+. The van der Waals surface area contributed by atoms with Crippen molar-refractivity contribution in [2.45, 2.75) is 0 Å². The van der Waals surface area contributed by atoms with Crippen LogP contribution in [0.2, 0.25) is 0 Å². The van der Waals surface area contributed by atoms with Crippen LogP contribution in [-0.2, 0) is 0 Å². The second kappa shape index (κ2) is 4.93. The van der Waals surface area contributed by atoms with E-state index in [1.54, 1.807) is 26.4 Å². The largest absolute Gasteiger partial charge is 0.493 e. The van der Waals surface area contributed by atoms with Gasteiger partial charge in [-0.3, -0.25) is 4.79 Å². The molecule has 0 aliphatic heterocycles. The van der Waals surface area contributed by atoms with Crippen LogP contribution in [0.1, 0.15) is 5.56 Å². The van der Waals surface area contributed by atoms with Crippen molar-refractivity contribution >= 4 is 22.4 Å². The number of nitrogens with zero attached hydrogens (tertiary/aromatic N) is 3. The lowest BCUT2D eigenvalue weighted by Gasteiger charge is -2.07. The Bertz CT molecular complexity index is 869. The lowest BCUT2D eigenvalue weighted by Crippen LogP contribution is -2.23. The van der Waals surface area contributed by atoms with Crippen LogP contribution >= 0.6 is 11.3 Å². The Morgan fingerprint density at radius 3 is 2.75 bits per heavy atom. The van der Waals surface area contributed by atoms with Crippen molar-refractivity contribution in [2.24, 2.45) is 0 Å². The molecule has 0 atom stereocenters. The van der Waals surface area contributed by atoms with Gasteiger partial charge in [-0.2, -0.15) is 9.61 Å². The Morgan fingerprint density at radius 2 is 2.05 bits per heavy atom. The van der Waals surface area contributed by atoms with E-state index in [1.807, 2.05) is 12.1 Å². The lowest BCUT2D eigenvalue weighted by molar-refractivity contribution is 0.355. The van der Waals surface area contributed by atoms with E-state index in [4.69, 9.17) is 9.47 Å². The summed E-state index contributed by atoms with van der Waals surface area (Å²) in [5.41, 5.74) is 0.682. The zero-order valence-corrected chi connectivity index (χ0v) is 11.7. The van der Waals surface area contributed by atoms with Crippen LogP contribution in [0, 0.1) is 0 Å². The van der Waals surface area contributed by atoms with Crippen molar-refractivity contribution in [2.75, 3.05) is 14.2 Å². The molecule has 7 heteroatoms. The monoisotopic (exact) mass is 289 g/mol. The third kappa shape index (κ3) is 2.01. The van der Waals surface area contributed by atoms with Gasteiger partial charge >= 0.3 is 0 Å². The van der Waals surface area contributed by atoms with E-state index < -0.39 is 0 Å². The summed E-state index contributed by atoms with van der Waals surface area (Å²) in [4.78, 5) is 16.6. The van der Waals surface area contributed by atoms with Gasteiger partial charge in [-0.25, -0.2) is 4.98 Å². The Hall–Kier alpha value is -2.41. The molecule has 0 radical (unpaired) electrons. The number of rotatable bonds is 3. The molecule has 1 aromatic carbocycles. The Morgan fingerprint density at radius 1 is 1.25 bits per heavy atom. The van der Waals surface area contributed by atoms with Gasteiger partial charge in [0.2, 0.25) is 4.96 Å². The maximum Gasteiger partial charge on any atom is 0.291 e. The molecule has 0 bridgehead atoms. The van der Waals surface area contributed by atoms with Crippen LogP contribution in [0.5, 0.6) is 11.5 Å². The van der Waals surface area contributed by atoms with Crippen molar-refractivity contribution in [3.05, 3.63) is 45.0 Å². The Balaban J connectivity index is 2.14. The van der Waals surface area contributed by atoms with Crippen molar-refractivity contribution in [1.29, 1.82) is 0 Å². The Labute approximate surface area is 117 Å². The number of thiazole rings is 1. The number of hydrogen-bond donors (Lipinski definition) is 0. The molecule has 0 aliphatic rings. The summed E-state index contributed by atoms with van der Waals surface area (Å²) in [5.74, 6) is 1.27. The predicted molar refractivity (Wildman–Crippen MR) is 75.5 cm³/mol. The molecule has 102 valence electrons. The molecule has 0 amide bonds. The zero-order valence-electron chi connectivity index (χ0n) is 10.9. The fourth-order valence-electron chi connectivity index (χ4n) is 1.87. The second-order valence-corrected chi connectivity index (χ2v) is 4.99. The Kier molecular flexibility index (Phi) is 3.11. The van der Waals surface area contributed by atoms with E-state index in [-0.39, 0.29) is 5.56 Å². The number of benzene rings is 1. The molecule has 3 aromatic rings. The highest BCUT2D eigenvalue weighted by Gasteiger charge is 2.07. The van der Waals surface area contributed by atoms with E-state index in [2.05, 4.69) is 10.1 Å². The molecular weight excluding hydrogens is 278 g/mol. The minimum Gasteiger partial charge on any atom is -0.493 e. The highest BCUT2D eigenvalue weighted by atomic mass is 32.1. The van der Waals surface area contributed by atoms with Gasteiger partial charge in [0.25, 0.3) is 5.56 Å². The van der Waals surface area contributed by atoms with Gasteiger partial charge in [-0.1, -0.05) is 17.4 Å². The average molecular weight is 289 g/mol. The van der Waals surface area contributed by atoms with Gasteiger partial charge in [-0.15, -0.1) is 0 Å².